The Kier molecular flexibility index (Phi) is 6.11. The molecule has 1 aliphatic heterocycles. The molecular weight excluding hydrogens is 427 g/mol. The summed E-state index contributed by atoms with van der Waals surface area (Å²) < 4.78 is 10.7. The van der Waals surface area contributed by atoms with Crippen molar-refractivity contribution >= 4 is 34.9 Å². The van der Waals surface area contributed by atoms with E-state index in [0.717, 1.165) is 24.2 Å². The minimum atomic E-state index is -0.192. The molecule has 1 aromatic heterocycles. The third kappa shape index (κ3) is 4.52. The number of hydrogen-bond donors (Lipinski definition) is 1. The SMILES string of the molecule is COc1ccc(-c2noc(C3CCN(C(=O)Nc4ccc(Cl)cc4Cl)CC3)n2)cc1. The van der Waals surface area contributed by atoms with E-state index in [1.54, 1.807) is 30.2 Å². The molecular formula is C21H20Cl2N4O3. The number of ether oxygens (including phenoxy) is 1. The van der Waals surface area contributed by atoms with Crippen LogP contribution in [0.4, 0.5) is 10.5 Å². The van der Waals surface area contributed by atoms with E-state index in [1.165, 1.54) is 0 Å². The first-order valence-corrected chi connectivity index (χ1v) is 10.3. The molecule has 1 saturated heterocycles. The summed E-state index contributed by atoms with van der Waals surface area (Å²) in [6, 6.07) is 12.3. The van der Waals surface area contributed by atoms with Gasteiger partial charge in [-0.3, -0.25) is 0 Å². The largest absolute Gasteiger partial charge is 0.497 e. The number of aromatic nitrogens is 2. The third-order valence-electron chi connectivity index (χ3n) is 5.09. The van der Waals surface area contributed by atoms with E-state index in [-0.39, 0.29) is 11.9 Å². The van der Waals surface area contributed by atoms with Crippen molar-refractivity contribution in [3.05, 3.63) is 58.4 Å². The summed E-state index contributed by atoms with van der Waals surface area (Å²) in [5.41, 5.74) is 1.40. The number of methoxy groups -OCH3 is 1. The number of hydrogen-bond acceptors (Lipinski definition) is 5. The normalized spacial score (nSPS) is 14.6. The molecule has 30 heavy (non-hydrogen) atoms. The van der Waals surface area contributed by atoms with Crippen LogP contribution in [0.3, 0.4) is 0 Å². The maximum atomic E-state index is 12.6. The first-order chi connectivity index (χ1) is 14.5. The number of carbonyl (C=O) groups is 1. The highest BCUT2D eigenvalue weighted by atomic mass is 35.5. The van der Waals surface area contributed by atoms with E-state index in [0.29, 0.717) is 40.5 Å². The Hall–Kier alpha value is -2.77. The minimum Gasteiger partial charge on any atom is -0.497 e. The van der Waals surface area contributed by atoms with E-state index in [4.69, 9.17) is 32.5 Å². The fourth-order valence-corrected chi connectivity index (χ4v) is 3.83. The number of rotatable bonds is 4. The van der Waals surface area contributed by atoms with Crippen LogP contribution in [0.2, 0.25) is 10.0 Å². The molecule has 156 valence electrons. The van der Waals surface area contributed by atoms with Crippen LogP contribution in [0.5, 0.6) is 5.75 Å². The molecule has 0 saturated carbocycles. The second-order valence-electron chi connectivity index (χ2n) is 7.00. The summed E-state index contributed by atoms with van der Waals surface area (Å²) >= 11 is 12.0. The van der Waals surface area contributed by atoms with Gasteiger partial charge in [0.2, 0.25) is 11.7 Å². The number of likely N-dealkylation sites (tertiary alicyclic amines) is 1. The van der Waals surface area contributed by atoms with Gasteiger partial charge in [0, 0.05) is 29.6 Å². The lowest BCUT2D eigenvalue weighted by Gasteiger charge is -2.30. The lowest BCUT2D eigenvalue weighted by molar-refractivity contribution is 0.187. The van der Waals surface area contributed by atoms with Crippen LogP contribution >= 0.6 is 23.2 Å². The Balaban J connectivity index is 1.35. The quantitative estimate of drug-likeness (QED) is 0.574. The molecule has 0 aliphatic carbocycles. The highest BCUT2D eigenvalue weighted by molar-refractivity contribution is 6.36. The number of urea groups is 1. The third-order valence-corrected chi connectivity index (χ3v) is 5.64. The van der Waals surface area contributed by atoms with Crippen molar-refractivity contribution < 1.29 is 14.1 Å². The van der Waals surface area contributed by atoms with Crippen molar-refractivity contribution in [3.8, 4) is 17.1 Å². The van der Waals surface area contributed by atoms with Gasteiger partial charge in [-0.1, -0.05) is 28.4 Å². The minimum absolute atomic E-state index is 0.118. The van der Waals surface area contributed by atoms with Gasteiger partial charge < -0.3 is 19.5 Å². The molecule has 4 rings (SSSR count). The van der Waals surface area contributed by atoms with Gasteiger partial charge >= 0.3 is 6.03 Å². The van der Waals surface area contributed by atoms with E-state index in [1.807, 2.05) is 24.3 Å². The predicted octanol–water partition coefficient (Wildman–Crippen LogP) is 5.46. The topological polar surface area (TPSA) is 80.5 Å². The summed E-state index contributed by atoms with van der Waals surface area (Å²) in [5, 5.41) is 7.86. The molecule has 3 aromatic rings. The van der Waals surface area contributed by atoms with Crippen LogP contribution in [-0.4, -0.2) is 41.3 Å². The molecule has 7 nitrogen and oxygen atoms in total. The summed E-state index contributed by atoms with van der Waals surface area (Å²) in [7, 11) is 1.62. The van der Waals surface area contributed by atoms with Gasteiger partial charge in [-0.05, 0) is 55.3 Å². The Bertz CT molecular complexity index is 1030. The monoisotopic (exact) mass is 446 g/mol. The molecule has 9 heteroatoms. The lowest BCUT2D eigenvalue weighted by Crippen LogP contribution is -2.40. The molecule has 1 N–H and O–H groups in total. The number of amides is 2. The Morgan fingerprint density at radius 3 is 2.57 bits per heavy atom. The average molecular weight is 447 g/mol. The van der Waals surface area contributed by atoms with Crippen LogP contribution in [0.25, 0.3) is 11.4 Å². The van der Waals surface area contributed by atoms with E-state index < -0.39 is 0 Å². The maximum absolute atomic E-state index is 12.6. The first-order valence-electron chi connectivity index (χ1n) is 9.52. The number of nitrogens with one attached hydrogen (secondary N) is 1. The molecule has 0 spiro atoms. The standard InChI is InChI=1S/C21H20Cl2N4O3/c1-29-16-5-2-13(3-6-16)19-25-20(30-26-19)14-8-10-27(11-9-14)21(28)24-18-7-4-15(22)12-17(18)23/h2-7,12,14H,8-11H2,1H3,(H,24,28). The van der Waals surface area contributed by atoms with Crippen molar-refractivity contribution in [2.45, 2.75) is 18.8 Å². The molecule has 1 aliphatic rings. The van der Waals surface area contributed by atoms with E-state index in [2.05, 4.69) is 15.5 Å². The molecule has 2 amide bonds. The van der Waals surface area contributed by atoms with Gasteiger partial charge in [0.25, 0.3) is 0 Å². The number of carbonyl (C=O) groups excluding carboxylic acids is 1. The zero-order chi connectivity index (χ0) is 21.1. The fraction of sp³-hybridized carbons (Fsp3) is 0.286. The highest BCUT2D eigenvalue weighted by Crippen LogP contribution is 2.30. The van der Waals surface area contributed by atoms with Gasteiger partial charge in [-0.2, -0.15) is 4.98 Å². The number of halogens is 2. The van der Waals surface area contributed by atoms with Crippen LogP contribution in [0, 0.1) is 0 Å². The van der Waals surface area contributed by atoms with E-state index >= 15 is 0 Å². The van der Waals surface area contributed by atoms with Gasteiger partial charge in [-0.15, -0.1) is 0 Å². The van der Waals surface area contributed by atoms with Gasteiger partial charge in [0.1, 0.15) is 5.75 Å². The van der Waals surface area contributed by atoms with Crippen LogP contribution in [-0.2, 0) is 0 Å². The second-order valence-corrected chi connectivity index (χ2v) is 7.84. The van der Waals surface area contributed by atoms with Crippen molar-refractivity contribution in [2.75, 3.05) is 25.5 Å². The van der Waals surface area contributed by atoms with Crippen molar-refractivity contribution in [2.24, 2.45) is 0 Å². The average Bonchev–Trinajstić information content (AvgIpc) is 3.26. The Labute approximate surface area is 183 Å². The zero-order valence-corrected chi connectivity index (χ0v) is 17.8. The highest BCUT2D eigenvalue weighted by Gasteiger charge is 2.28. The molecule has 0 radical (unpaired) electrons. The number of anilines is 1. The van der Waals surface area contributed by atoms with Crippen molar-refractivity contribution in [1.82, 2.24) is 15.0 Å². The molecule has 0 atom stereocenters. The fourth-order valence-electron chi connectivity index (χ4n) is 3.37. The summed E-state index contributed by atoms with van der Waals surface area (Å²) in [5.74, 6) is 2.03. The Morgan fingerprint density at radius 2 is 1.90 bits per heavy atom. The van der Waals surface area contributed by atoms with Crippen LogP contribution in [0.15, 0.2) is 47.0 Å². The summed E-state index contributed by atoms with van der Waals surface area (Å²) in [6.45, 7) is 1.17. The predicted molar refractivity (Wildman–Crippen MR) is 115 cm³/mol. The molecule has 2 aromatic carbocycles. The Morgan fingerprint density at radius 1 is 1.17 bits per heavy atom. The summed E-state index contributed by atoms with van der Waals surface area (Å²) in [4.78, 5) is 18.9. The zero-order valence-electron chi connectivity index (χ0n) is 16.3. The maximum Gasteiger partial charge on any atom is 0.321 e. The van der Waals surface area contributed by atoms with Gasteiger partial charge in [0.15, 0.2) is 0 Å². The molecule has 0 bridgehead atoms. The lowest BCUT2D eigenvalue weighted by atomic mass is 9.97. The molecule has 1 fully saturated rings. The van der Waals surface area contributed by atoms with Crippen molar-refractivity contribution in [3.63, 3.8) is 0 Å². The second kappa shape index (κ2) is 8.93. The van der Waals surface area contributed by atoms with Gasteiger partial charge in [-0.25, -0.2) is 4.79 Å². The molecule has 2 heterocycles. The first kappa shape index (κ1) is 20.5. The number of nitrogens with zero attached hydrogens (tertiary/aromatic N) is 3. The molecule has 0 unspecified atom stereocenters. The smallest absolute Gasteiger partial charge is 0.321 e. The van der Waals surface area contributed by atoms with Crippen LogP contribution < -0.4 is 10.1 Å². The van der Waals surface area contributed by atoms with Crippen molar-refractivity contribution in [1.29, 1.82) is 0 Å². The summed E-state index contributed by atoms with van der Waals surface area (Å²) in [6.07, 6.45) is 1.48. The number of piperidine rings is 1. The van der Waals surface area contributed by atoms with Gasteiger partial charge in [0.05, 0.1) is 17.8 Å². The van der Waals surface area contributed by atoms with E-state index in [9.17, 15) is 4.79 Å². The van der Waals surface area contributed by atoms with Crippen LogP contribution in [0.1, 0.15) is 24.7 Å². The number of benzene rings is 2.